The summed E-state index contributed by atoms with van der Waals surface area (Å²) in [5.74, 6) is -5.25. The average Bonchev–Trinajstić information content (AvgIpc) is 2.52. The lowest BCUT2D eigenvalue weighted by molar-refractivity contribution is -0.179. The molecule has 152 valence electrons. The fourth-order valence-corrected chi connectivity index (χ4v) is 2.98. The molecule has 0 N–H and O–H groups in total. The van der Waals surface area contributed by atoms with Crippen molar-refractivity contribution >= 4 is 11.9 Å². The Morgan fingerprint density at radius 3 is 2.04 bits per heavy atom. The van der Waals surface area contributed by atoms with Crippen LogP contribution in [-0.4, -0.2) is 37.0 Å². The summed E-state index contributed by atoms with van der Waals surface area (Å²) in [6.07, 6.45) is -0.703. The second-order valence-corrected chi connectivity index (χ2v) is 7.91. The molecule has 8 heteroatoms. The molecule has 0 saturated heterocycles. The minimum atomic E-state index is -4.36. The van der Waals surface area contributed by atoms with Gasteiger partial charge in [-0.25, -0.2) is 8.78 Å². The highest BCUT2D eigenvalue weighted by Gasteiger charge is 2.42. The first-order valence-electron chi connectivity index (χ1n) is 8.93. The fourth-order valence-electron chi connectivity index (χ4n) is 2.98. The number of carbonyl (C=O) groups is 2. The van der Waals surface area contributed by atoms with Crippen LogP contribution in [0.1, 0.15) is 65.7 Å². The number of alkyl halides is 4. The molecule has 1 saturated carbocycles. The Bertz CT molecular complexity index is 466. The minimum absolute atomic E-state index is 0.0421. The van der Waals surface area contributed by atoms with E-state index in [4.69, 9.17) is 4.74 Å². The van der Waals surface area contributed by atoms with Gasteiger partial charge in [-0.1, -0.05) is 20.8 Å². The van der Waals surface area contributed by atoms with Crippen molar-refractivity contribution < 1.29 is 36.6 Å². The van der Waals surface area contributed by atoms with Gasteiger partial charge in [-0.15, -0.1) is 0 Å². The fraction of sp³-hybridized carbons (Fsp3) is 0.889. The van der Waals surface area contributed by atoms with Gasteiger partial charge in [-0.3, -0.25) is 9.59 Å². The smallest absolute Gasteiger partial charge is 0.340 e. The van der Waals surface area contributed by atoms with Gasteiger partial charge < -0.3 is 9.47 Å². The second-order valence-electron chi connectivity index (χ2n) is 7.91. The molecular weight excluding hydrogens is 356 g/mol. The SMILES string of the molecule is CC(C)(C)C1CCC(OC(=O)CCCC(=O)OCC(F)(F)C(F)F)CC1. The van der Waals surface area contributed by atoms with Crippen LogP contribution in [0.3, 0.4) is 0 Å². The zero-order chi connectivity index (χ0) is 20.0. The number of hydrogen-bond donors (Lipinski definition) is 0. The van der Waals surface area contributed by atoms with Gasteiger partial charge in [0.15, 0.2) is 6.61 Å². The molecule has 0 aromatic rings. The summed E-state index contributed by atoms with van der Waals surface area (Å²) in [7, 11) is 0. The van der Waals surface area contributed by atoms with E-state index in [1.807, 2.05) is 0 Å². The normalized spacial score (nSPS) is 21.5. The zero-order valence-electron chi connectivity index (χ0n) is 15.5. The van der Waals surface area contributed by atoms with E-state index in [0.717, 1.165) is 25.7 Å². The third-order valence-electron chi connectivity index (χ3n) is 4.70. The largest absolute Gasteiger partial charge is 0.462 e. The van der Waals surface area contributed by atoms with Crippen LogP contribution in [0.15, 0.2) is 0 Å². The molecular formula is C18H28F4O4. The third-order valence-corrected chi connectivity index (χ3v) is 4.70. The number of esters is 2. The Morgan fingerprint density at radius 2 is 1.54 bits per heavy atom. The van der Waals surface area contributed by atoms with Gasteiger partial charge in [0.05, 0.1) is 0 Å². The highest BCUT2D eigenvalue weighted by Crippen LogP contribution is 2.38. The molecule has 0 spiro atoms. The Hall–Kier alpha value is -1.34. The molecule has 0 aromatic heterocycles. The molecule has 0 radical (unpaired) electrons. The summed E-state index contributed by atoms with van der Waals surface area (Å²) < 4.78 is 58.6. The number of ether oxygens (including phenoxy) is 2. The maximum atomic E-state index is 12.6. The average molecular weight is 384 g/mol. The number of hydrogen-bond acceptors (Lipinski definition) is 4. The first-order valence-corrected chi connectivity index (χ1v) is 8.93. The van der Waals surface area contributed by atoms with Gasteiger partial charge in [-0.2, -0.15) is 8.78 Å². The molecule has 0 unspecified atom stereocenters. The van der Waals surface area contributed by atoms with Crippen LogP contribution >= 0.6 is 0 Å². The maximum absolute atomic E-state index is 12.6. The van der Waals surface area contributed by atoms with Crippen molar-refractivity contribution in [2.45, 2.75) is 84.2 Å². The number of carbonyl (C=O) groups excluding carboxylic acids is 2. The molecule has 0 amide bonds. The summed E-state index contributed by atoms with van der Waals surface area (Å²) in [6, 6.07) is 0. The highest BCUT2D eigenvalue weighted by molar-refractivity contribution is 5.72. The van der Waals surface area contributed by atoms with E-state index in [1.165, 1.54) is 0 Å². The van der Waals surface area contributed by atoms with Gasteiger partial charge in [0.2, 0.25) is 0 Å². The van der Waals surface area contributed by atoms with Crippen molar-refractivity contribution in [2.24, 2.45) is 11.3 Å². The molecule has 1 rings (SSSR count). The molecule has 0 aromatic carbocycles. The molecule has 0 bridgehead atoms. The molecule has 0 heterocycles. The van der Waals surface area contributed by atoms with E-state index in [9.17, 15) is 27.2 Å². The zero-order valence-corrected chi connectivity index (χ0v) is 15.5. The standard InChI is InChI=1S/C18H28F4O4/c1-17(2,3)12-7-9-13(10-8-12)26-15(24)6-4-5-14(23)25-11-18(21,22)16(19)20/h12-13,16H,4-11H2,1-3H3. The van der Waals surface area contributed by atoms with E-state index < -0.39 is 30.9 Å². The Balaban J connectivity index is 2.18. The summed E-state index contributed by atoms with van der Waals surface area (Å²) in [4.78, 5) is 23.0. The van der Waals surface area contributed by atoms with Crippen molar-refractivity contribution in [3.05, 3.63) is 0 Å². The Kier molecular flexibility index (Phi) is 8.34. The third kappa shape index (κ3) is 7.91. The van der Waals surface area contributed by atoms with Crippen LogP contribution < -0.4 is 0 Å². The number of rotatable bonds is 8. The van der Waals surface area contributed by atoms with Crippen molar-refractivity contribution in [1.82, 2.24) is 0 Å². The van der Waals surface area contributed by atoms with Crippen LogP contribution in [0.25, 0.3) is 0 Å². The minimum Gasteiger partial charge on any atom is -0.462 e. The lowest BCUT2D eigenvalue weighted by Gasteiger charge is -2.36. The van der Waals surface area contributed by atoms with Crippen molar-refractivity contribution in [2.75, 3.05) is 6.61 Å². The first kappa shape index (κ1) is 22.7. The van der Waals surface area contributed by atoms with Gasteiger partial charge in [0.25, 0.3) is 0 Å². The van der Waals surface area contributed by atoms with E-state index in [1.54, 1.807) is 0 Å². The molecule has 26 heavy (non-hydrogen) atoms. The first-order chi connectivity index (χ1) is 11.9. The maximum Gasteiger partial charge on any atom is 0.340 e. The molecule has 0 aliphatic heterocycles. The van der Waals surface area contributed by atoms with Gasteiger partial charge >= 0.3 is 24.3 Å². The summed E-state index contributed by atoms with van der Waals surface area (Å²) >= 11 is 0. The second kappa shape index (κ2) is 9.55. The number of halogens is 4. The summed E-state index contributed by atoms with van der Waals surface area (Å²) in [5, 5.41) is 0. The van der Waals surface area contributed by atoms with Crippen LogP contribution in [-0.2, 0) is 19.1 Å². The highest BCUT2D eigenvalue weighted by atomic mass is 19.3. The van der Waals surface area contributed by atoms with Crippen LogP contribution in [0.4, 0.5) is 17.6 Å². The lowest BCUT2D eigenvalue weighted by Crippen LogP contribution is -2.33. The van der Waals surface area contributed by atoms with Crippen molar-refractivity contribution in [1.29, 1.82) is 0 Å². The van der Waals surface area contributed by atoms with Crippen molar-refractivity contribution in [3.63, 3.8) is 0 Å². The van der Waals surface area contributed by atoms with Crippen LogP contribution in [0.2, 0.25) is 0 Å². The molecule has 1 aliphatic rings. The summed E-state index contributed by atoms with van der Waals surface area (Å²) in [6.45, 7) is 4.92. The summed E-state index contributed by atoms with van der Waals surface area (Å²) in [5.41, 5.74) is 0.233. The van der Waals surface area contributed by atoms with E-state index in [2.05, 4.69) is 25.5 Å². The molecule has 0 atom stereocenters. The topological polar surface area (TPSA) is 52.6 Å². The molecule has 1 aliphatic carbocycles. The lowest BCUT2D eigenvalue weighted by atomic mass is 9.72. The van der Waals surface area contributed by atoms with Gasteiger partial charge in [0.1, 0.15) is 6.10 Å². The van der Waals surface area contributed by atoms with E-state index in [-0.39, 0.29) is 30.8 Å². The van der Waals surface area contributed by atoms with Crippen LogP contribution in [0, 0.1) is 11.3 Å². The van der Waals surface area contributed by atoms with Crippen LogP contribution in [0.5, 0.6) is 0 Å². The Labute approximate surface area is 151 Å². The molecule has 1 fully saturated rings. The predicted molar refractivity (Wildman–Crippen MR) is 87.1 cm³/mol. The van der Waals surface area contributed by atoms with Gasteiger partial charge in [0, 0.05) is 12.8 Å². The van der Waals surface area contributed by atoms with E-state index >= 15 is 0 Å². The van der Waals surface area contributed by atoms with Gasteiger partial charge in [-0.05, 0) is 43.4 Å². The van der Waals surface area contributed by atoms with E-state index in [0.29, 0.717) is 5.92 Å². The predicted octanol–water partition coefficient (Wildman–Crippen LogP) is 4.75. The molecule has 4 nitrogen and oxygen atoms in total. The van der Waals surface area contributed by atoms with Crippen molar-refractivity contribution in [3.8, 4) is 0 Å². The monoisotopic (exact) mass is 384 g/mol. The quantitative estimate of drug-likeness (QED) is 0.448. The Morgan fingerprint density at radius 1 is 1.00 bits per heavy atom.